The molecule has 0 aliphatic heterocycles. The van der Waals surface area contributed by atoms with Gasteiger partial charge in [-0.3, -0.25) is 0 Å². The van der Waals surface area contributed by atoms with Crippen LogP contribution in [0.4, 0.5) is 0 Å². The second kappa shape index (κ2) is 8.73. The maximum absolute atomic E-state index is 6.60. The zero-order valence-electron chi connectivity index (χ0n) is 15.9. The number of hydrogen-bond donors (Lipinski definition) is 0. The van der Waals surface area contributed by atoms with E-state index < -0.39 is 0 Å². The maximum atomic E-state index is 6.60. The van der Waals surface area contributed by atoms with Crippen LogP contribution in [0.5, 0.6) is 5.88 Å². The van der Waals surface area contributed by atoms with Crippen LogP contribution in [0.3, 0.4) is 0 Å². The van der Waals surface area contributed by atoms with E-state index in [2.05, 4.69) is 17.2 Å². The van der Waals surface area contributed by atoms with Crippen molar-refractivity contribution in [3.63, 3.8) is 0 Å². The van der Waals surface area contributed by atoms with E-state index in [1.165, 1.54) is 0 Å². The van der Waals surface area contributed by atoms with E-state index in [0.29, 0.717) is 22.5 Å². The van der Waals surface area contributed by atoms with Crippen molar-refractivity contribution in [3.8, 4) is 5.88 Å². The summed E-state index contributed by atoms with van der Waals surface area (Å²) >= 11 is 12.7. The Morgan fingerprint density at radius 1 is 0.897 bits per heavy atom. The summed E-state index contributed by atoms with van der Waals surface area (Å²) in [6.45, 7) is 0.462. The van der Waals surface area contributed by atoms with Crippen LogP contribution in [-0.4, -0.2) is 9.78 Å². The van der Waals surface area contributed by atoms with Gasteiger partial charge in [0.05, 0.1) is 6.20 Å². The zero-order chi connectivity index (χ0) is 20.2. The summed E-state index contributed by atoms with van der Waals surface area (Å²) in [6, 6.07) is 25.9. The van der Waals surface area contributed by atoms with Gasteiger partial charge in [-0.05, 0) is 28.8 Å². The van der Waals surface area contributed by atoms with E-state index in [1.807, 2.05) is 73.9 Å². The molecule has 4 aromatic rings. The molecule has 3 nitrogen and oxygen atoms in total. The summed E-state index contributed by atoms with van der Waals surface area (Å²) in [6.07, 6.45) is 1.85. The minimum absolute atomic E-state index is 0.125. The first kappa shape index (κ1) is 19.6. The van der Waals surface area contributed by atoms with Crippen molar-refractivity contribution in [1.82, 2.24) is 9.78 Å². The highest BCUT2D eigenvalue weighted by Crippen LogP contribution is 2.40. The quantitative estimate of drug-likeness (QED) is 0.355. The number of halogens is 2. The predicted octanol–water partition coefficient (Wildman–Crippen LogP) is 6.49. The van der Waals surface area contributed by atoms with Crippen molar-refractivity contribution in [2.45, 2.75) is 12.5 Å². The van der Waals surface area contributed by atoms with Gasteiger partial charge < -0.3 is 4.74 Å². The number of nitrogens with zero attached hydrogens (tertiary/aromatic N) is 2. The highest BCUT2D eigenvalue weighted by atomic mass is 35.5. The minimum Gasteiger partial charge on any atom is -0.473 e. The summed E-state index contributed by atoms with van der Waals surface area (Å²) in [5.41, 5.74) is 4.12. The van der Waals surface area contributed by atoms with E-state index in [1.54, 1.807) is 10.7 Å². The van der Waals surface area contributed by atoms with Gasteiger partial charge in [-0.1, -0.05) is 89.9 Å². The maximum Gasteiger partial charge on any atom is 0.216 e. The van der Waals surface area contributed by atoms with Crippen LogP contribution >= 0.6 is 23.2 Å². The molecule has 0 radical (unpaired) electrons. The van der Waals surface area contributed by atoms with Crippen LogP contribution in [0, 0.1) is 0 Å². The number of rotatable bonds is 6. The third-order valence-electron chi connectivity index (χ3n) is 4.85. The lowest BCUT2D eigenvalue weighted by molar-refractivity contribution is 0.275. The van der Waals surface area contributed by atoms with Crippen LogP contribution < -0.4 is 4.74 Å². The summed E-state index contributed by atoms with van der Waals surface area (Å²) in [5.74, 6) is 0.592. The van der Waals surface area contributed by atoms with E-state index in [4.69, 9.17) is 27.9 Å². The lowest BCUT2D eigenvalue weighted by Gasteiger charge is -2.20. The Bertz CT molecular complexity index is 1090. The number of aryl methyl sites for hydroxylation is 1. The van der Waals surface area contributed by atoms with Gasteiger partial charge in [-0.2, -0.15) is 5.10 Å². The Kier molecular flexibility index (Phi) is 5.89. The zero-order valence-corrected chi connectivity index (χ0v) is 17.4. The molecule has 0 fully saturated rings. The molecule has 0 saturated heterocycles. The van der Waals surface area contributed by atoms with Gasteiger partial charge in [0, 0.05) is 28.6 Å². The van der Waals surface area contributed by atoms with Crippen LogP contribution in [0.2, 0.25) is 10.0 Å². The molecule has 0 N–H and O–H groups in total. The van der Waals surface area contributed by atoms with E-state index in [0.717, 1.165) is 22.3 Å². The first-order valence-electron chi connectivity index (χ1n) is 9.32. The van der Waals surface area contributed by atoms with Crippen molar-refractivity contribution in [2.75, 3.05) is 0 Å². The number of aromatic nitrogens is 2. The van der Waals surface area contributed by atoms with Gasteiger partial charge in [0.1, 0.15) is 6.61 Å². The molecule has 4 rings (SSSR count). The first-order chi connectivity index (χ1) is 14.1. The van der Waals surface area contributed by atoms with Gasteiger partial charge in [0.25, 0.3) is 0 Å². The number of ether oxygens (including phenoxy) is 1. The number of hydrogen-bond acceptors (Lipinski definition) is 2. The monoisotopic (exact) mass is 422 g/mol. The van der Waals surface area contributed by atoms with Gasteiger partial charge in [-0.15, -0.1) is 0 Å². The molecule has 0 bridgehead atoms. The fraction of sp³-hybridized carbons (Fsp3) is 0.125. The Balaban J connectivity index is 1.77. The lowest BCUT2D eigenvalue weighted by Crippen LogP contribution is -2.08. The minimum atomic E-state index is -0.125. The number of benzene rings is 3. The predicted molar refractivity (Wildman–Crippen MR) is 118 cm³/mol. The second-order valence-electron chi connectivity index (χ2n) is 6.81. The Hall–Kier alpha value is -2.75. The molecule has 5 heteroatoms. The highest BCUT2D eigenvalue weighted by molar-refractivity contribution is 6.35. The van der Waals surface area contributed by atoms with E-state index in [9.17, 15) is 0 Å². The largest absolute Gasteiger partial charge is 0.473 e. The Morgan fingerprint density at radius 3 is 2.28 bits per heavy atom. The fourth-order valence-electron chi connectivity index (χ4n) is 3.45. The molecular formula is C24H20Cl2N2O. The molecule has 0 spiro atoms. The van der Waals surface area contributed by atoms with Crippen molar-refractivity contribution in [1.29, 1.82) is 0 Å². The fourth-order valence-corrected chi connectivity index (χ4v) is 3.97. The summed E-state index contributed by atoms with van der Waals surface area (Å²) < 4.78 is 7.97. The summed E-state index contributed by atoms with van der Waals surface area (Å²) in [7, 11) is 1.88. The third kappa shape index (κ3) is 4.31. The van der Waals surface area contributed by atoms with Crippen LogP contribution in [0.25, 0.3) is 0 Å². The third-order valence-corrected chi connectivity index (χ3v) is 5.41. The van der Waals surface area contributed by atoms with E-state index in [-0.39, 0.29) is 5.92 Å². The van der Waals surface area contributed by atoms with Gasteiger partial charge in [0.15, 0.2) is 0 Å². The van der Waals surface area contributed by atoms with Crippen molar-refractivity contribution < 1.29 is 4.74 Å². The lowest BCUT2D eigenvalue weighted by atomic mass is 9.86. The average Bonchev–Trinajstić information content (AvgIpc) is 3.10. The van der Waals surface area contributed by atoms with Crippen LogP contribution in [0.1, 0.15) is 28.2 Å². The Morgan fingerprint density at radius 2 is 1.59 bits per heavy atom. The molecule has 1 aromatic heterocycles. The van der Waals surface area contributed by atoms with Gasteiger partial charge >= 0.3 is 0 Å². The second-order valence-corrected chi connectivity index (χ2v) is 7.66. The molecule has 1 heterocycles. The SMILES string of the molecule is Cn1ncc(C(c2ccccc2)c2ccc(Cl)cc2Cl)c1OCc1ccccc1. The van der Waals surface area contributed by atoms with Gasteiger partial charge in [-0.25, -0.2) is 4.68 Å². The molecule has 0 aliphatic carbocycles. The van der Waals surface area contributed by atoms with Gasteiger partial charge in [0.2, 0.25) is 5.88 Å². The van der Waals surface area contributed by atoms with Crippen molar-refractivity contribution in [2.24, 2.45) is 7.05 Å². The average molecular weight is 423 g/mol. The molecule has 1 unspecified atom stereocenters. The van der Waals surface area contributed by atoms with Crippen molar-refractivity contribution >= 4 is 23.2 Å². The molecule has 0 saturated carbocycles. The van der Waals surface area contributed by atoms with Crippen LogP contribution in [0.15, 0.2) is 85.1 Å². The molecule has 3 aromatic carbocycles. The summed E-state index contributed by atoms with van der Waals surface area (Å²) in [4.78, 5) is 0. The highest BCUT2D eigenvalue weighted by Gasteiger charge is 2.26. The molecule has 0 aliphatic rings. The molecule has 146 valence electrons. The van der Waals surface area contributed by atoms with E-state index >= 15 is 0 Å². The molecule has 29 heavy (non-hydrogen) atoms. The Labute approximate surface area is 180 Å². The molecular weight excluding hydrogens is 403 g/mol. The smallest absolute Gasteiger partial charge is 0.216 e. The first-order valence-corrected chi connectivity index (χ1v) is 10.1. The summed E-state index contributed by atoms with van der Waals surface area (Å²) in [5, 5.41) is 5.69. The standard InChI is InChI=1S/C24H20Cl2N2O/c1-28-24(29-16-17-8-4-2-5-9-17)21(15-27-28)23(18-10-6-3-7-11-18)20-13-12-19(25)14-22(20)26/h2-15,23H,16H2,1H3. The molecule has 1 atom stereocenters. The van der Waals surface area contributed by atoms with Crippen molar-refractivity contribution in [3.05, 3.63) is 117 Å². The molecule has 0 amide bonds. The normalized spacial score (nSPS) is 12.0. The topological polar surface area (TPSA) is 27.1 Å². The van der Waals surface area contributed by atoms with Crippen LogP contribution in [-0.2, 0) is 13.7 Å².